The standard InChI is InChI=1S/C17H19NO4/c1-12(22-14-8-6-7-13(11-14)20-2)17(19)18-15-9-4-5-10-16(15)21-3/h4-12H,1-3H3,(H,18,19)/t12-/m1/s1. The van der Waals surface area contributed by atoms with Crippen LogP contribution < -0.4 is 19.5 Å². The molecule has 0 bridgehead atoms. The second-order valence-electron chi connectivity index (χ2n) is 4.63. The Balaban J connectivity index is 2.02. The van der Waals surface area contributed by atoms with Crippen LogP contribution in [0.1, 0.15) is 6.92 Å². The van der Waals surface area contributed by atoms with Gasteiger partial charge in [0.05, 0.1) is 19.9 Å². The predicted octanol–water partition coefficient (Wildman–Crippen LogP) is 3.11. The lowest BCUT2D eigenvalue weighted by atomic mass is 10.2. The van der Waals surface area contributed by atoms with Gasteiger partial charge in [0.25, 0.3) is 5.91 Å². The van der Waals surface area contributed by atoms with Crippen LogP contribution in [0, 0.1) is 0 Å². The summed E-state index contributed by atoms with van der Waals surface area (Å²) in [4.78, 5) is 12.2. The number of methoxy groups -OCH3 is 2. The second-order valence-corrected chi connectivity index (χ2v) is 4.63. The topological polar surface area (TPSA) is 56.8 Å². The zero-order valence-corrected chi connectivity index (χ0v) is 12.8. The summed E-state index contributed by atoms with van der Waals surface area (Å²) in [7, 11) is 3.14. The highest BCUT2D eigenvalue weighted by atomic mass is 16.5. The van der Waals surface area contributed by atoms with Crippen LogP contribution in [0.5, 0.6) is 17.2 Å². The molecular formula is C17H19NO4. The number of rotatable bonds is 6. The average molecular weight is 301 g/mol. The van der Waals surface area contributed by atoms with Gasteiger partial charge < -0.3 is 19.5 Å². The minimum atomic E-state index is -0.656. The summed E-state index contributed by atoms with van der Waals surface area (Å²) >= 11 is 0. The van der Waals surface area contributed by atoms with Gasteiger partial charge in [-0.05, 0) is 31.2 Å². The van der Waals surface area contributed by atoms with Gasteiger partial charge in [-0.25, -0.2) is 0 Å². The van der Waals surface area contributed by atoms with Gasteiger partial charge >= 0.3 is 0 Å². The third-order valence-corrected chi connectivity index (χ3v) is 3.09. The monoisotopic (exact) mass is 301 g/mol. The zero-order valence-electron chi connectivity index (χ0n) is 12.8. The highest BCUT2D eigenvalue weighted by Gasteiger charge is 2.16. The molecule has 5 nitrogen and oxygen atoms in total. The maximum atomic E-state index is 12.2. The van der Waals surface area contributed by atoms with Crippen LogP contribution in [0.4, 0.5) is 5.69 Å². The van der Waals surface area contributed by atoms with E-state index in [0.717, 1.165) is 0 Å². The fourth-order valence-electron chi connectivity index (χ4n) is 1.91. The zero-order chi connectivity index (χ0) is 15.9. The van der Waals surface area contributed by atoms with E-state index in [1.807, 2.05) is 18.2 Å². The van der Waals surface area contributed by atoms with E-state index in [9.17, 15) is 4.79 Å². The predicted molar refractivity (Wildman–Crippen MR) is 84.7 cm³/mol. The minimum Gasteiger partial charge on any atom is -0.497 e. The lowest BCUT2D eigenvalue weighted by Gasteiger charge is -2.16. The quantitative estimate of drug-likeness (QED) is 0.890. The molecule has 0 aromatic heterocycles. The third kappa shape index (κ3) is 3.91. The van der Waals surface area contributed by atoms with Crippen LogP contribution in [0.2, 0.25) is 0 Å². The van der Waals surface area contributed by atoms with Gasteiger partial charge in [-0.3, -0.25) is 4.79 Å². The number of nitrogens with one attached hydrogen (secondary N) is 1. The molecule has 22 heavy (non-hydrogen) atoms. The second kappa shape index (κ2) is 7.36. The SMILES string of the molecule is COc1cccc(O[C@H](C)C(=O)Nc2ccccc2OC)c1. The summed E-state index contributed by atoms with van der Waals surface area (Å²) in [6, 6.07) is 14.3. The summed E-state index contributed by atoms with van der Waals surface area (Å²) in [6.45, 7) is 1.68. The molecule has 2 aromatic carbocycles. The van der Waals surface area contributed by atoms with Crippen LogP contribution in [0.15, 0.2) is 48.5 Å². The van der Waals surface area contributed by atoms with E-state index >= 15 is 0 Å². The van der Waals surface area contributed by atoms with Crippen molar-refractivity contribution in [2.24, 2.45) is 0 Å². The highest BCUT2D eigenvalue weighted by Crippen LogP contribution is 2.24. The highest BCUT2D eigenvalue weighted by molar-refractivity contribution is 5.95. The number of carbonyl (C=O) groups is 1. The molecule has 0 radical (unpaired) electrons. The number of ether oxygens (including phenoxy) is 3. The molecule has 1 N–H and O–H groups in total. The van der Waals surface area contributed by atoms with Crippen LogP contribution in [-0.4, -0.2) is 26.2 Å². The lowest BCUT2D eigenvalue weighted by Crippen LogP contribution is -2.30. The summed E-state index contributed by atoms with van der Waals surface area (Å²) in [5.41, 5.74) is 0.607. The third-order valence-electron chi connectivity index (χ3n) is 3.09. The number of anilines is 1. The Kier molecular flexibility index (Phi) is 5.25. The van der Waals surface area contributed by atoms with Crippen molar-refractivity contribution < 1.29 is 19.0 Å². The fourth-order valence-corrected chi connectivity index (χ4v) is 1.91. The molecule has 0 aliphatic heterocycles. The number of benzene rings is 2. The number of para-hydroxylation sites is 2. The van der Waals surface area contributed by atoms with E-state index in [0.29, 0.717) is 22.9 Å². The number of carbonyl (C=O) groups excluding carboxylic acids is 1. The van der Waals surface area contributed by atoms with Gasteiger partial charge in [0.15, 0.2) is 6.10 Å². The molecule has 2 aromatic rings. The van der Waals surface area contributed by atoms with E-state index < -0.39 is 6.10 Å². The van der Waals surface area contributed by atoms with Crippen molar-refractivity contribution in [3.8, 4) is 17.2 Å². The van der Waals surface area contributed by atoms with Crippen molar-refractivity contribution in [1.82, 2.24) is 0 Å². The molecule has 2 rings (SSSR count). The molecule has 0 heterocycles. The van der Waals surface area contributed by atoms with Gasteiger partial charge in [-0.15, -0.1) is 0 Å². The molecule has 5 heteroatoms. The molecule has 0 spiro atoms. The molecule has 0 unspecified atom stereocenters. The first-order valence-electron chi connectivity index (χ1n) is 6.88. The smallest absolute Gasteiger partial charge is 0.265 e. The Labute approximate surface area is 129 Å². The van der Waals surface area contributed by atoms with Crippen molar-refractivity contribution in [1.29, 1.82) is 0 Å². The lowest BCUT2D eigenvalue weighted by molar-refractivity contribution is -0.122. The van der Waals surface area contributed by atoms with Crippen molar-refractivity contribution in [3.63, 3.8) is 0 Å². The molecular weight excluding hydrogens is 282 g/mol. The maximum Gasteiger partial charge on any atom is 0.265 e. The first-order chi connectivity index (χ1) is 10.6. The molecule has 116 valence electrons. The first-order valence-corrected chi connectivity index (χ1v) is 6.88. The Morgan fingerprint density at radius 1 is 1.00 bits per heavy atom. The minimum absolute atomic E-state index is 0.257. The van der Waals surface area contributed by atoms with E-state index in [1.165, 1.54) is 0 Å². The van der Waals surface area contributed by atoms with Crippen LogP contribution >= 0.6 is 0 Å². The van der Waals surface area contributed by atoms with E-state index in [2.05, 4.69) is 5.32 Å². The summed E-state index contributed by atoms with van der Waals surface area (Å²) in [5.74, 6) is 1.59. The Morgan fingerprint density at radius 3 is 2.45 bits per heavy atom. The normalized spacial score (nSPS) is 11.4. The largest absolute Gasteiger partial charge is 0.497 e. The number of hydrogen-bond acceptors (Lipinski definition) is 4. The molecule has 0 saturated carbocycles. The Bertz CT molecular complexity index is 642. The number of hydrogen-bond donors (Lipinski definition) is 1. The summed E-state index contributed by atoms with van der Waals surface area (Å²) < 4.78 is 16.0. The van der Waals surface area contributed by atoms with Gasteiger partial charge in [-0.1, -0.05) is 18.2 Å². The van der Waals surface area contributed by atoms with Crippen LogP contribution in [0.25, 0.3) is 0 Å². The van der Waals surface area contributed by atoms with Crippen molar-refractivity contribution >= 4 is 11.6 Å². The van der Waals surface area contributed by atoms with Crippen LogP contribution in [-0.2, 0) is 4.79 Å². The average Bonchev–Trinajstić information content (AvgIpc) is 2.55. The molecule has 0 saturated heterocycles. The van der Waals surface area contributed by atoms with E-state index in [-0.39, 0.29) is 5.91 Å². The fraction of sp³-hybridized carbons (Fsp3) is 0.235. The van der Waals surface area contributed by atoms with Crippen molar-refractivity contribution in [2.75, 3.05) is 19.5 Å². The molecule has 0 fully saturated rings. The summed E-state index contributed by atoms with van der Waals surface area (Å²) in [5, 5.41) is 2.79. The van der Waals surface area contributed by atoms with E-state index in [4.69, 9.17) is 14.2 Å². The molecule has 0 aliphatic rings. The number of amides is 1. The Morgan fingerprint density at radius 2 is 1.73 bits per heavy atom. The van der Waals surface area contributed by atoms with Gasteiger partial charge in [0.1, 0.15) is 17.2 Å². The molecule has 0 aliphatic carbocycles. The van der Waals surface area contributed by atoms with Gasteiger partial charge in [0.2, 0.25) is 0 Å². The van der Waals surface area contributed by atoms with Crippen LogP contribution in [0.3, 0.4) is 0 Å². The summed E-state index contributed by atoms with van der Waals surface area (Å²) in [6.07, 6.45) is -0.656. The Hall–Kier alpha value is -2.69. The molecule has 1 atom stereocenters. The molecule has 1 amide bonds. The first kappa shape index (κ1) is 15.7. The van der Waals surface area contributed by atoms with Crippen molar-refractivity contribution in [3.05, 3.63) is 48.5 Å². The maximum absolute atomic E-state index is 12.2. The van der Waals surface area contributed by atoms with Gasteiger partial charge in [0, 0.05) is 6.07 Å². The van der Waals surface area contributed by atoms with Gasteiger partial charge in [-0.2, -0.15) is 0 Å². The van der Waals surface area contributed by atoms with Crippen molar-refractivity contribution in [2.45, 2.75) is 13.0 Å². The van der Waals surface area contributed by atoms with E-state index in [1.54, 1.807) is 51.5 Å².